The average Bonchev–Trinajstić information content (AvgIpc) is 2.03. The van der Waals surface area contributed by atoms with Crippen LogP contribution in [0.4, 0.5) is 0 Å². The van der Waals surface area contributed by atoms with Gasteiger partial charge >= 0.3 is 0 Å². The minimum absolute atomic E-state index is 0.766. The Morgan fingerprint density at radius 3 is 2.18 bits per heavy atom. The zero-order valence-corrected chi connectivity index (χ0v) is 8.50. The van der Waals surface area contributed by atoms with Crippen molar-refractivity contribution < 1.29 is 0 Å². The molecule has 66 valence electrons. The molecule has 0 aliphatic carbocycles. The van der Waals surface area contributed by atoms with E-state index in [1.54, 1.807) is 0 Å². The highest BCUT2D eigenvalue weighted by Gasteiger charge is 2.03. The van der Waals surface area contributed by atoms with Crippen molar-refractivity contribution in [3.05, 3.63) is 0 Å². The molecule has 2 nitrogen and oxygen atoms in total. The Hall–Kier alpha value is -0.180. The van der Waals surface area contributed by atoms with Gasteiger partial charge < -0.3 is 4.90 Å². The zero-order valence-electron chi connectivity index (χ0n) is 7.68. The van der Waals surface area contributed by atoms with Gasteiger partial charge in [0.2, 0.25) is 0 Å². The Morgan fingerprint density at radius 2 is 1.82 bits per heavy atom. The fraction of sp³-hybridized carbons (Fsp3) is 0.875. The van der Waals surface area contributed by atoms with Crippen LogP contribution in [0.2, 0.25) is 0 Å². The summed E-state index contributed by atoms with van der Waals surface area (Å²) in [4.78, 5) is 2.09. The molecule has 0 rings (SSSR count). The number of nitrogens with zero attached hydrogens (tertiary/aromatic N) is 1. The second-order valence-corrected chi connectivity index (χ2v) is 3.53. The second-order valence-electron chi connectivity index (χ2n) is 2.26. The standard InChI is InChI=1S/C8H18N2S/c1-4-10(5-2)8(9)7-11-6-3/h9H,4-7H2,1-3H3. The molecule has 0 amide bonds. The molecule has 0 unspecified atom stereocenters. The molecule has 0 aliphatic heterocycles. The molecular formula is C8H18N2S. The molecule has 0 aromatic rings. The number of nitrogens with one attached hydrogen (secondary N) is 1. The van der Waals surface area contributed by atoms with Crippen molar-refractivity contribution in [1.29, 1.82) is 5.41 Å². The second kappa shape index (κ2) is 6.53. The van der Waals surface area contributed by atoms with E-state index in [4.69, 9.17) is 5.41 Å². The summed E-state index contributed by atoms with van der Waals surface area (Å²) in [6.45, 7) is 8.22. The van der Waals surface area contributed by atoms with Crippen LogP contribution in [-0.4, -0.2) is 35.3 Å². The van der Waals surface area contributed by atoms with Gasteiger partial charge in [0.1, 0.15) is 5.84 Å². The van der Waals surface area contributed by atoms with Crippen molar-refractivity contribution in [1.82, 2.24) is 4.90 Å². The fourth-order valence-corrected chi connectivity index (χ4v) is 1.48. The van der Waals surface area contributed by atoms with Gasteiger partial charge in [-0.2, -0.15) is 11.8 Å². The van der Waals surface area contributed by atoms with E-state index in [1.165, 1.54) is 0 Å². The largest absolute Gasteiger partial charge is 0.360 e. The van der Waals surface area contributed by atoms with Gasteiger partial charge in [-0.25, -0.2) is 0 Å². The van der Waals surface area contributed by atoms with Gasteiger partial charge in [0, 0.05) is 13.1 Å². The normalized spacial score (nSPS) is 9.73. The molecule has 0 radical (unpaired) electrons. The van der Waals surface area contributed by atoms with Crippen molar-refractivity contribution >= 4 is 17.6 Å². The molecule has 0 saturated carbocycles. The maximum Gasteiger partial charge on any atom is 0.106 e. The first kappa shape index (κ1) is 10.8. The van der Waals surface area contributed by atoms with Crippen molar-refractivity contribution in [2.75, 3.05) is 24.6 Å². The average molecular weight is 174 g/mol. The first-order valence-electron chi connectivity index (χ1n) is 4.16. The molecule has 3 heteroatoms. The Morgan fingerprint density at radius 1 is 1.27 bits per heavy atom. The van der Waals surface area contributed by atoms with Gasteiger partial charge in [-0.1, -0.05) is 6.92 Å². The third-order valence-electron chi connectivity index (χ3n) is 1.59. The molecule has 11 heavy (non-hydrogen) atoms. The lowest BCUT2D eigenvalue weighted by molar-refractivity contribution is 0.461. The minimum Gasteiger partial charge on any atom is -0.360 e. The molecular weight excluding hydrogens is 156 g/mol. The van der Waals surface area contributed by atoms with Crippen LogP contribution in [0, 0.1) is 5.41 Å². The predicted octanol–water partition coefficient (Wildman–Crippen LogP) is 2.06. The first-order valence-corrected chi connectivity index (χ1v) is 5.31. The molecule has 0 bridgehead atoms. The van der Waals surface area contributed by atoms with E-state index < -0.39 is 0 Å². The molecule has 0 saturated heterocycles. The monoisotopic (exact) mass is 174 g/mol. The molecule has 0 aromatic heterocycles. The van der Waals surface area contributed by atoms with Crippen LogP contribution >= 0.6 is 11.8 Å². The molecule has 0 spiro atoms. The van der Waals surface area contributed by atoms with Crippen molar-refractivity contribution in [2.24, 2.45) is 0 Å². The van der Waals surface area contributed by atoms with E-state index in [-0.39, 0.29) is 0 Å². The van der Waals surface area contributed by atoms with Gasteiger partial charge in [0.15, 0.2) is 0 Å². The number of thioether (sulfide) groups is 1. The molecule has 1 N–H and O–H groups in total. The number of rotatable bonds is 5. The maximum atomic E-state index is 7.65. The Labute approximate surface area is 73.9 Å². The summed E-state index contributed by atoms with van der Waals surface area (Å²) >= 11 is 1.81. The van der Waals surface area contributed by atoms with Crippen molar-refractivity contribution in [3.63, 3.8) is 0 Å². The van der Waals surface area contributed by atoms with Crippen LogP contribution in [0.3, 0.4) is 0 Å². The molecule has 0 aliphatic rings. The quantitative estimate of drug-likeness (QED) is 0.510. The van der Waals surface area contributed by atoms with Crippen LogP contribution in [-0.2, 0) is 0 Å². The summed E-state index contributed by atoms with van der Waals surface area (Å²) in [6, 6.07) is 0. The molecule has 0 aromatic carbocycles. The summed E-state index contributed by atoms with van der Waals surface area (Å²) < 4.78 is 0. The van der Waals surface area contributed by atoms with Gasteiger partial charge in [0.25, 0.3) is 0 Å². The number of hydrogen-bond acceptors (Lipinski definition) is 2. The lowest BCUT2D eigenvalue weighted by Crippen LogP contribution is -2.31. The van der Waals surface area contributed by atoms with Gasteiger partial charge in [-0.3, -0.25) is 5.41 Å². The first-order chi connectivity index (χ1) is 5.26. The fourth-order valence-electron chi connectivity index (χ4n) is 0.895. The minimum atomic E-state index is 0.766. The third-order valence-corrected chi connectivity index (χ3v) is 2.47. The van der Waals surface area contributed by atoms with E-state index in [2.05, 4.69) is 25.7 Å². The van der Waals surface area contributed by atoms with E-state index in [0.29, 0.717) is 0 Å². The Balaban J connectivity index is 3.61. The van der Waals surface area contributed by atoms with Gasteiger partial charge in [-0.05, 0) is 19.6 Å². The number of hydrogen-bond donors (Lipinski definition) is 1. The smallest absolute Gasteiger partial charge is 0.106 e. The van der Waals surface area contributed by atoms with E-state index >= 15 is 0 Å². The zero-order chi connectivity index (χ0) is 8.69. The summed E-state index contributed by atoms with van der Waals surface area (Å²) in [6.07, 6.45) is 0. The van der Waals surface area contributed by atoms with Crippen molar-refractivity contribution in [3.8, 4) is 0 Å². The van der Waals surface area contributed by atoms with Gasteiger partial charge in [0.05, 0.1) is 5.75 Å². The van der Waals surface area contributed by atoms with Crippen molar-refractivity contribution in [2.45, 2.75) is 20.8 Å². The molecule has 0 heterocycles. The van der Waals surface area contributed by atoms with Crippen LogP contribution in [0.15, 0.2) is 0 Å². The maximum absolute atomic E-state index is 7.65. The lowest BCUT2D eigenvalue weighted by atomic mass is 10.5. The third kappa shape index (κ3) is 4.30. The predicted molar refractivity (Wildman–Crippen MR) is 53.6 cm³/mol. The molecule has 0 atom stereocenters. The lowest BCUT2D eigenvalue weighted by Gasteiger charge is -2.20. The van der Waals surface area contributed by atoms with E-state index in [0.717, 1.165) is 30.4 Å². The summed E-state index contributed by atoms with van der Waals surface area (Å²) in [5, 5.41) is 7.65. The summed E-state index contributed by atoms with van der Waals surface area (Å²) in [5.41, 5.74) is 0. The highest BCUT2D eigenvalue weighted by Crippen LogP contribution is 2.01. The highest BCUT2D eigenvalue weighted by atomic mass is 32.2. The Bertz CT molecular complexity index is 111. The summed E-state index contributed by atoms with van der Waals surface area (Å²) in [5.74, 6) is 2.73. The number of amidine groups is 1. The van der Waals surface area contributed by atoms with E-state index in [9.17, 15) is 0 Å². The van der Waals surface area contributed by atoms with Crippen LogP contribution in [0.25, 0.3) is 0 Å². The summed E-state index contributed by atoms with van der Waals surface area (Å²) in [7, 11) is 0. The van der Waals surface area contributed by atoms with E-state index in [1.807, 2.05) is 11.8 Å². The van der Waals surface area contributed by atoms with Crippen LogP contribution in [0.5, 0.6) is 0 Å². The topological polar surface area (TPSA) is 27.1 Å². The van der Waals surface area contributed by atoms with Gasteiger partial charge in [-0.15, -0.1) is 0 Å². The molecule has 0 fully saturated rings. The highest BCUT2D eigenvalue weighted by molar-refractivity contribution is 7.99. The Kier molecular flexibility index (Phi) is 6.42. The SMILES string of the molecule is CCSCC(=N)N(CC)CC. The van der Waals surface area contributed by atoms with Crippen LogP contribution in [0.1, 0.15) is 20.8 Å². The van der Waals surface area contributed by atoms with Crippen LogP contribution < -0.4 is 0 Å².